The molecule has 5 heteroatoms. The first-order chi connectivity index (χ1) is 17.8. The lowest BCUT2D eigenvalue weighted by atomic mass is 10.1. The molecule has 0 bridgehead atoms. The molecule has 0 aliphatic rings. The summed E-state index contributed by atoms with van der Waals surface area (Å²) in [6, 6.07) is 36.3. The first-order valence-electron chi connectivity index (χ1n) is 12.1. The lowest BCUT2D eigenvalue weighted by molar-refractivity contribution is -0.145. The zero-order valence-electron chi connectivity index (χ0n) is 21.5. The molecule has 0 aliphatic heterocycles. The van der Waals surface area contributed by atoms with Crippen molar-refractivity contribution in [3.63, 3.8) is 0 Å². The van der Waals surface area contributed by atoms with Crippen molar-refractivity contribution in [2.45, 2.75) is 26.4 Å². The van der Waals surface area contributed by atoms with Crippen LogP contribution in [0.5, 0.6) is 5.75 Å². The Morgan fingerprint density at radius 3 is 1.38 bits per heavy atom. The summed E-state index contributed by atoms with van der Waals surface area (Å²) in [6.07, 6.45) is 0. The van der Waals surface area contributed by atoms with E-state index >= 15 is 0 Å². The van der Waals surface area contributed by atoms with Gasteiger partial charge in [0.25, 0.3) is 0 Å². The third-order valence-corrected chi connectivity index (χ3v) is 10.2. The number of carbonyl (C=O) groups excluding carboxylic acids is 2. The fourth-order valence-corrected chi connectivity index (χ4v) is 8.66. The molecule has 0 radical (unpaired) electrons. The molecule has 0 atom stereocenters. The van der Waals surface area contributed by atoms with Gasteiger partial charge in [0.1, 0.15) is 16.6 Å². The molecule has 0 aromatic heterocycles. The predicted octanol–water partition coefficient (Wildman–Crippen LogP) is 5.39. The van der Waals surface area contributed by atoms with E-state index in [9.17, 15) is 9.59 Å². The summed E-state index contributed by atoms with van der Waals surface area (Å²) in [6.45, 7) is 2.46. The van der Waals surface area contributed by atoms with Crippen molar-refractivity contribution in [2.24, 2.45) is 0 Å². The molecule has 4 rings (SSSR count). The Labute approximate surface area is 218 Å². The van der Waals surface area contributed by atoms with E-state index in [1.165, 1.54) is 0 Å². The summed E-state index contributed by atoms with van der Waals surface area (Å²) in [4.78, 5) is 28.7. The van der Waals surface area contributed by atoms with E-state index in [0.29, 0.717) is 11.3 Å². The van der Waals surface area contributed by atoms with Crippen LogP contribution in [0.2, 0.25) is 0 Å². The minimum Gasteiger partial charge on any atom is -0.497 e. The summed E-state index contributed by atoms with van der Waals surface area (Å²) in [5.41, 5.74) is -0.392. The second-order valence-electron chi connectivity index (χ2n) is 9.59. The molecular weight excluding hydrogens is 479 g/mol. The van der Waals surface area contributed by atoms with Gasteiger partial charge >= 0.3 is 5.97 Å². The summed E-state index contributed by atoms with van der Waals surface area (Å²) >= 11 is 0. The molecule has 188 valence electrons. The van der Waals surface area contributed by atoms with Crippen LogP contribution in [-0.4, -0.2) is 29.8 Å². The van der Waals surface area contributed by atoms with Gasteiger partial charge in [-0.2, -0.15) is 0 Å². The van der Waals surface area contributed by atoms with Gasteiger partial charge in [0.15, 0.2) is 0 Å². The third-order valence-electron chi connectivity index (χ3n) is 5.93. The van der Waals surface area contributed by atoms with E-state index in [2.05, 4.69) is 0 Å². The van der Waals surface area contributed by atoms with Crippen LogP contribution in [-0.2, 0) is 9.53 Å². The standard InChI is InChI=1S/C32H31O4P/c1-32(2,3)36-31(34)30(29(33)24-20-22-25(35-4)23-21-24)37(26-14-8-5-9-15-26,27-16-10-6-11-17-27)28-18-12-7-13-19-28/h5-23H,1-4H3. The minimum absolute atomic E-state index is 0.135. The maximum Gasteiger partial charge on any atom is 0.343 e. The smallest absolute Gasteiger partial charge is 0.343 e. The van der Waals surface area contributed by atoms with Crippen LogP contribution in [0.1, 0.15) is 31.1 Å². The normalized spacial score (nSPS) is 11.5. The Kier molecular flexibility index (Phi) is 7.80. The molecule has 0 saturated heterocycles. The van der Waals surface area contributed by atoms with Crippen LogP contribution >= 0.6 is 6.89 Å². The molecule has 0 aliphatic carbocycles. The van der Waals surface area contributed by atoms with Crippen molar-refractivity contribution in [2.75, 3.05) is 7.11 Å². The number of esters is 1. The Hall–Kier alpha value is -3.88. The van der Waals surface area contributed by atoms with Crippen LogP contribution < -0.4 is 20.7 Å². The first kappa shape index (κ1) is 26.2. The van der Waals surface area contributed by atoms with Crippen LogP contribution in [0.4, 0.5) is 0 Å². The van der Waals surface area contributed by atoms with Gasteiger partial charge in [0.05, 0.1) is 7.11 Å². The molecule has 0 spiro atoms. The third kappa shape index (κ3) is 5.45. The zero-order valence-corrected chi connectivity index (χ0v) is 22.4. The maximum absolute atomic E-state index is 14.5. The molecule has 0 heterocycles. The molecule has 4 aromatic carbocycles. The van der Waals surface area contributed by atoms with E-state index in [0.717, 1.165) is 15.9 Å². The largest absolute Gasteiger partial charge is 0.497 e. The fourth-order valence-electron chi connectivity index (χ4n) is 4.38. The minimum atomic E-state index is -2.98. The van der Waals surface area contributed by atoms with Crippen molar-refractivity contribution in [3.05, 3.63) is 121 Å². The van der Waals surface area contributed by atoms with Gasteiger partial charge in [-0.25, -0.2) is 4.79 Å². The van der Waals surface area contributed by atoms with Crippen molar-refractivity contribution in [1.82, 2.24) is 0 Å². The number of ether oxygens (including phenoxy) is 2. The van der Waals surface area contributed by atoms with Gasteiger partial charge in [-0.1, -0.05) is 91.0 Å². The monoisotopic (exact) mass is 510 g/mol. The number of benzene rings is 4. The number of hydrogen-bond acceptors (Lipinski definition) is 4. The number of methoxy groups -OCH3 is 1. The van der Waals surface area contributed by atoms with E-state index < -0.39 is 18.5 Å². The van der Waals surface area contributed by atoms with Gasteiger partial charge in [0.2, 0.25) is 5.78 Å². The topological polar surface area (TPSA) is 52.6 Å². The summed E-state index contributed by atoms with van der Waals surface area (Å²) in [7, 11) is 1.58. The average molecular weight is 511 g/mol. The highest BCUT2D eigenvalue weighted by Crippen LogP contribution is 2.47. The number of ketones is 1. The van der Waals surface area contributed by atoms with Crippen molar-refractivity contribution in [3.8, 4) is 5.75 Å². The molecule has 4 nitrogen and oxygen atoms in total. The lowest BCUT2D eigenvalue weighted by Gasteiger charge is -2.32. The molecule has 0 amide bonds. The number of hydrogen-bond donors (Lipinski definition) is 0. The van der Waals surface area contributed by atoms with Gasteiger partial charge < -0.3 is 9.47 Å². The highest BCUT2D eigenvalue weighted by atomic mass is 31.2. The first-order valence-corrected chi connectivity index (χ1v) is 13.9. The van der Waals surface area contributed by atoms with E-state index in [-0.39, 0.29) is 11.1 Å². The summed E-state index contributed by atoms with van der Waals surface area (Å²) in [5.74, 6) is -0.342. The van der Waals surface area contributed by atoms with Crippen LogP contribution in [0, 0.1) is 0 Å². The average Bonchev–Trinajstić information content (AvgIpc) is 2.92. The molecule has 37 heavy (non-hydrogen) atoms. The second-order valence-corrected chi connectivity index (χ2v) is 12.9. The highest BCUT2D eigenvalue weighted by Gasteiger charge is 2.39. The summed E-state index contributed by atoms with van der Waals surface area (Å²) < 4.78 is 11.3. The van der Waals surface area contributed by atoms with Crippen LogP contribution in [0.15, 0.2) is 115 Å². The van der Waals surface area contributed by atoms with E-state index in [1.54, 1.807) is 31.4 Å². The Morgan fingerprint density at radius 1 is 0.622 bits per heavy atom. The SMILES string of the molecule is COc1ccc(C(=O)C(C(=O)OC(C)(C)C)=P(c2ccccc2)(c2ccccc2)c2ccccc2)cc1. The van der Waals surface area contributed by atoms with E-state index in [4.69, 9.17) is 9.47 Å². The Morgan fingerprint density at radius 2 is 1.03 bits per heavy atom. The van der Waals surface area contributed by atoms with Crippen LogP contribution in [0.25, 0.3) is 0 Å². The van der Waals surface area contributed by atoms with Gasteiger partial charge in [0, 0.05) is 5.56 Å². The molecular formula is C32H31O4P. The Bertz CT molecular complexity index is 1320. The lowest BCUT2D eigenvalue weighted by Crippen LogP contribution is -2.40. The highest BCUT2D eigenvalue weighted by molar-refractivity contribution is 7.97. The molecule has 4 aromatic rings. The Balaban J connectivity index is 2.22. The number of Topliss-reactive ketones (excluding diaryl/α,β-unsaturated/α-hetero) is 1. The second kappa shape index (κ2) is 11.0. The summed E-state index contributed by atoms with van der Waals surface area (Å²) in [5, 5.41) is 2.83. The molecule has 0 N–H and O–H groups in total. The maximum atomic E-state index is 14.5. The number of rotatable bonds is 7. The predicted molar refractivity (Wildman–Crippen MR) is 153 cm³/mol. The van der Waals surface area contributed by atoms with Gasteiger partial charge in [-0.3, -0.25) is 4.79 Å². The quantitative estimate of drug-likeness (QED) is 0.145. The fraction of sp³-hybridized carbons (Fsp3) is 0.156. The van der Waals surface area contributed by atoms with Gasteiger partial charge in [-0.05, 0) is 67.8 Å². The van der Waals surface area contributed by atoms with Crippen molar-refractivity contribution in [1.29, 1.82) is 0 Å². The molecule has 0 unspecified atom stereocenters. The van der Waals surface area contributed by atoms with E-state index in [1.807, 2.05) is 112 Å². The number of carbonyl (C=O) groups is 2. The van der Waals surface area contributed by atoms with Crippen molar-refractivity contribution < 1.29 is 19.1 Å². The molecule has 0 fully saturated rings. The molecule has 0 saturated carbocycles. The van der Waals surface area contributed by atoms with Crippen LogP contribution in [0.3, 0.4) is 0 Å². The zero-order chi connectivity index (χ0) is 26.5. The van der Waals surface area contributed by atoms with Gasteiger partial charge in [-0.15, -0.1) is 0 Å². The van der Waals surface area contributed by atoms with Crippen molar-refractivity contribution >= 4 is 39.8 Å².